The fourth-order valence-corrected chi connectivity index (χ4v) is 2.19. The van der Waals surface area contributed by atoms with Crippen molar-refractivity contribution >= 4 is 39.1 Å². The van der Waals surface area contributed by atoms with Crippen LogP contribution in [0.25, 0.3) is 0 Å². The zero-order valence-electron chi connectivity index (χ0n) is 10.1. The van der Waals surface area contributed by atoms with Crippen molar-refractivity contribution in [2.24, 2.45) is 0 Å². The Bertz CT molecular complexity index is 616. The Kier molecular flexibility index (Phi) is 4.45. The third-order valence-electron chi connectivity index (χ3n) is 2.49. The maximum atomic E-state index is 12.2. The number of halogens is 2. The quantitative estimate of drug-likeness (QED) is 0.901. The van der Waals surface area contributed by atoms with E-state index in [1.807, 2.05) is 18.2 Å². The van der Waals surface area contributed by atoms with Gasteiger partial charge in [-0.05, 0) is 36.4 Å². The molecule has 0 aliphatic rings. The Morgan fingerprint density at radius 2 is 2.05 bits per heavy atom. The smallest absolute Gasteiger partial charge is 0.259 e. The van der Waals surface area contributed by atoms with Crippen molar-refractivity contribution in [3.8, 4) is 5.75 Å². The maximum Gasteiger partial charge on any atom is 0.259 e. The SMILES string of the molecule is COc1ccc(Cl)cc1C(=O)Nc1cccc(Br)c1. The topological polar surface area (TPSA) is 38.3 Å². The second-order valence-electron chi connectivity index (χ2n) is 3.81. The van der Waals surface area contributed by atoms with E-state index in [9.17, 15) is 4.79 Å². The molecule has 2 aromatic carbocycles. The number of methoxy groups -OCH3 is 1. The van der Waals surface area contributed by atoms with Crippen LogP contribution in [0.1, 0.15) is 10.4 Å². The number of anilines is 1. The molecule has 0 unspecified atom stereocenters. The largest absolute Gasteiger partial charge is 0.496 e. The molecule has 3 nitrogen and oxygen atoms in total. The highest BCUT2D eigenvalue weighted by atomic mass is 79.9. The van der Waals surface area contributed by atoms with Crippen LogP contribution in [0.2, 0.25) is 5.02 Å². The van der Waals surface area contributed by atoms with Crippen molar-refractivity contribution in [3.05, 3.63) is 57.5 Å². The number of benzene rings is 2. The minimum Gasteiger partial charge on any atom is -0.496 e. The van der Waals surface area contributed by atoms with Crippen molar-refractivity contribution in [2.75, 3.05) is 12.4 Å². The molecule has 2 rings (SSSR count). The van der Waals surface area contributed by atoms with Crippen molar-refractivity contribution in [1.82, 2.24) is 0 Å². The second-order valence-corrected chi connectivity index (χ2v) is 5.16. The van der Waals surface area contributed by atoms with Gasteiger partial charge in [0.25, 0.3) is 5.91 Å². The number of hydrogen-bond donors (Lipinski definition) is 1. The van der Waals surface area contributed by atoms with Crippen LogP contribution in [0.15, 0.2) is 46.9 Å². The van der Waals surface area contributed by atoms with E-state index in [1.165, 1.54) is 7.11 Å². The summed E-state index contributed by atoms with van der Waals surface area (Å²) in [6.45, 7) is 0. The standard InChI is InChI=1S/C14H11BrClNO2/c1-19-13-6-5-10(16)8-12(13)14(18)17-11-4-2-3-9(15)7-11/h2-8H,1H3,(H,17,18). The summed E-state index contributed by atoms with van der Waals surface area (Å²) in [5.74, 6) is 0.217. The van der Waals surface area contributed by atoms with Gasteiger partial charge < -0.3 is 10.1 Å². The van der Waals surface area contributed by atoms with Gasteiger partial charge in [-0.3, -0.25) is 4.79 Å². The maximum absolute atomic E-state index is 12.2. The highest BCUT2D eigenvalue weighted by Crippen LogP contribution is 2.24. The summed E-state index contributed by atoms with van der Waals surface area (Å²) in [4.78, 5) is 12.2. The van der Waals surface area contributed by atoms with Crippen LogP contribution in [0, 0.1) is 0 Å². The van der Waals surface area contributed by atoms with Crippen LogP contribution in [-0.2, 0) is 0 Å². The van der Waals surface area contributed by atoms with E-state index in [1.54, 1.807) is 24.3 Å². The summed E-state index contributed by atoms with van der Waals surface area (Å²) in [5, 5.41) is 3.28. The van der Waals surface area contributed by atoms with Gasteiger partial charge in [-0.15, -0.1) is 0 Å². The number of nitrogens with one attached hydrogen (secondary N) is 1. The molecular weight excluding hydrogens is 330 g/mol. The minimum atomic E-state index is -0.266. The number of amides is 1. The van der Waals surface area contributed by atoms with Crippen LogP contribution < -0.4 is 10.1 Å². The average Bonchev–Trinajstić information content (AvgIpc) is 2.38. The van der Waals surface area contributed by atoms with Gasteiger partial charge in [0.1, 0.15) is 5.75 Å². The summed E-state index contributed by atoms with van der Waals surface area (Å²) in [6, 6.07) is 12.3. The highest BCUT2D eigenvalue weighted by molar-refractivity contribution is 9.10. The molecule has 2 aromatic rings. The van der Waals surface area contributed by atoms with E-state index in [4.69, 9.17) is 16.3 Å². The summed E-state index contributed by atoms with van der Waals surface area (Å²) in [7, 11) is 1.51. The van der Waals surface area contributed by atoms with Crippen molar-refractivity contribution in [3.63, 3.8) is 0 Å². The van der Waals surface area contributed by atoms with Crippen molar-refractivity contribution < 1.29 is 9.53 Å². The van der Waals surface area contributed by atoms with Crippen LogP contribution >= 0.6 is 27.5 Å². The number of carbonyl (C=O) groups is 1. The molecule has 1 N–H and O–H groups in total. The lowest BCUT2D eigenvalue weighted by molar-refractivity contribution is 0.102. The summed E-state index contributed by atoms with van der Waals surface area (Å²) < 4.78 is 6.05. The van der Waals surface area contributed by atoms with Gasteiger partial charge in [0.2, 0.25) is 0 Å². The monoisotopic (exact) mass is 339 g/mol. The Morgan fingerprint density at radius 1 is 1.26 bits per heavy atom. The third kappa shape index (κ3) is 3.49. The van der Waals surface area contributed by atoms with Crippen LogP contribution in [-0.4, -0.2) is 13.0 Å². The van der Waals surface area contributed by atoms with E-state index < -0.39 is 0 Å². The first-order chi connectivity index (χ1) is 9.10. The van der Waals surface area contributed by atoms with E-state index in [-0.39, 0.29) is 5.91 Å². The molecule has 0 aromatic heterocycles. The number of ether oxygens (including phenoxy) is 1. The molecule has 0 aliphatic heterocycles. The molecule has 0 atom stereocenters. The molecular formula is C14H11BrClNO2. The summed E-state index contributed by atoms with van der Waals surface area (Å²) in [6.07, 6.45) is 0. The predicted molar refractivity (Wildman–Crippen MR) is 80.1 cm³/mol. The lowest BCUT2D eigenvalue weighted by Crippen LogP contribution is -2.13. The first-order valence-corrected chi connectivity index (χ1v) is 6.67. The molecule has 19 heavy (non-hydrogen) atoms. The summed E-state index contributed by atoms with van der Waals surface area (Å²) in [5.41, 5.74) is 1.09. The fourth-order valence-electron chi connectivity index (χ4n) is 1.62. The predicted octanol–water partition coefficient (Wildman–Crippen LogP) is 4.36. The third-order valence-corrected chi connectivity index (χ3v) is 3.22. The lowest BCUT2D eigenvalue weighted by atomic mass is 10.2. The molecule has 0 fully saturated rings. The van der Waals surface area contributed by atoms with E-state index in [2.05, 4.69) is 21.2 Å². The van der Waals surface area contributed by atoms with Gasteiger partial charge in [-0.1, -0.05) is 33.6 Å². The number of rotatable bonds is 3. The van der Waals surface area contributed by atoms with E-state index >= 15 is 0 Å². The van der Waals surface area contributed by atoms with Crippen molar-refractivity contribution in [2.45, 2.75) is 0 Å². The van der Waals surface area contributed by atoms with Gasteiger partial charge >= 0.3 is 0 Å². The molecule has 98 valence electrons. The van der Waals surface area contributed by atoms with Crippen LogP contribution in [0.4, 0.5) is 5.69 Å². The molecule has 0 heterocycles. The number of carbonyl (C=O) groups excluding carboxylic acids is 1. The van der Waals surface area contributed by atoms with Gasteiger partial charge in [-0.25, -0.2) is 0 Å². The Balaban J connectivity index is 2.27. The molecule has 5 heteroatoms. The molecule has 0 aliphatic carbocycles. The summed E-state index contributed by atoms with van der Waals surface area (Å²) >= 11 is 9.25. The molecule has 1 amide bonds. The van der Waals surface area contributed by atoms with Crippen LogP contribution in [0.5, 0.6) is 5.75 Å². The molecule has 0 saturated carbocycles. The Morgan fingerprint density at radius 3 is 2.74 bits per heavy atom. The first kappa shape index (κ1) is 13.9. The molecule has 0 spiro atoms. The number of hydrogen-bond acceptors (Lipinski definition) is 2. The lowest BCUT2D eigenvalue weighted by Gasteiger charge is -2.10. The zero-order valence-corrected chi connectivity index (χ0v) is 12.5. The van der Waals surface area contributed by atoms with E-state index in [0.717, 1.165) is 4.47 Å². The minimum absolute atomic E-state index is 0.266. The van der Waals surface area contributed by atoms with E-state index in [0.29, 0.717) is 22.0 Å². The zero-order chi connectivity index (χ0) is 13.8. The molecule has 0 saturated heterocycles. The highest BCUT2D eigenvalue weighted by Gasteiger charge is 2.13. The molecule has 0 radical (unpaired) electrons. The average molecular weight is 341 g/mol. The normalized spacial score (nSPS) is 10.1. The Labute approximate surface area is 124 Å². The second kappa shape index (κ2) is 6.08. The molecule has 0 bridgehead atoms. The Hall–Kier alpha value is -1.52. The van der Waals surface area contributed by atoms with Crippen molar-refractivity contribution in [1.29, 1.82) is 0 Å². The van der Waals surface area contributed by atoms with Gasteiger partial charge in [0.15, 0.2) is 0 Å². The van der Waals surface area contributed by atoms with Gasteiger partial charge in [0, 0.05) is 15.2 Å². The first-order valence-electron chi connectivity index (χ1n) is 5.50. The fraction of sp³-hybridized carbons (Fsp3) is 0.0714. The van der Waals surface area contributed by atoms with Gasteiger partial charge in [0.05, 0.1) is 12.7 Å². The van der Waals surface area contributed by atoms with Crippen LogP contribution in [0.3, 0.4) is 0 Å². The van der Waals surface area contributed by atoms with Gasteiger partial charge in [-0.2, -0.15) is 0 Å².